The van der Waals surface area contributed by atoms with E-state index in [-0.39, 0.29) is 0 Å². The van der Waals surface area contributed by atoms with E-state index in [1.165, 1.54) is 18.0 Å². The third kappa shape index (κ3) is 2.38. The summed E-state index contributed by atoms with van der Waals surface area (Å²) in [6, 6.07) is 3.68. The van der Waals surface area contributed by atoms with Crippen LogP contribution in [0.25, 0.3) is 16.5 Å². The molecule has 0 saturated carbocycles. The van der Waals surface area contributed by atoms with Crippen LogP contribution in [0, 0.1) is 10.8 Å². The van der Waals surface area contributed by atoms with Crippen molar-refractivity contribution in [3.63, 3.8) is 0 Å². The number of hydrogen-bond donors (Lipinski definition) is 4. The lowest BCUT2D eigenvalue weighted by molar-refractivity contribution is 0.686. The SMILES string of the molecule is CC(N)=C(C=N)c1nc2ccc(N)c(C=N)c2c2c1CCCC2. The number of aromatic nitrogens is 1. The van der Waals surface area contributed by atoms with Gasteiger partial charge in [-0.15, -0.1) is 0 Å². The Morgan fingerprint density at radius 1 is 1.17 bits per heavy atom. The van der Waals surface area contributed by atoms with Crippen LogP contribution < -0.4 is 11.5 Å². The number of pyridine rings is 1. The molecule has 1 aromatic heterocycles. The average Bonchev–Trinajstić information content (AvgIpc) is 2.55. The van der Waals surface area contributed by atoms with Gasteiger partial charge in [-0.3, -0.25) is 0 Å². The van der Waals surface area contributed by atoms with Gasteiger partial charge in [-0.25, -0.2) is 4.98 Å². The van der Waals surface area contributed by atoms with Gasteiger partial charge >= 0.3 is 0 Å². The van der Waals surface area contributed by atoms with E-state index >= 15 is 0 Å². The van der Waals surface area contributed by atoms with Crippen LogP contribution in [-0.4, -0.2) is 17.4 Å². The molecule has 1 heterocycles. The minimum Gasteiger partial charge on any atom is -0.402 e. The summed E-state index contributed by atoms with van der Waals surface area (Å²) in [7, 11) is 0. The van der Waals surface area contributed by atoms with Gasteiger partial charge in [0.15, 0.2) is 0 Å². The average molecular weight is 307 g/mol. The van der Waals surface area contributed by atoms with E-state index in [0.717, 1.165) is 53.4 Å². The van der Waals surface area contributed by atoms with Gasteiger partial charge in [-0.05, 0) is 55.9 Å². The summed E-state index contributed by atoms with van der Waals surface area (Å²) < 4.78 is 0. The molecule has 1 aliphatic carbocycles. The number of nitrogen functional groups attached to an aromatic ring is 1. The first-order chi connectivity index (χ1) is 11.1. The topological polar surface area (TPSA) is 113 Å². The summed E-state index contributed by atoms with van der Waals surface area (Å²) in [5.41, 5.74) is 18.6. The van der Waals surface area contributed by atoms with E-state index in [4.69, 9.17) is 27.3 Å². The van der Waals surface area contributed by atoms with Crippen molar-refractivity contribution in [2.75, 3.05) is 5.73 Å². The normalized spacial score (nSPS) is 15.0. The van der Waals surface area contributed by atoms with Crippen molar-refractivity contribution < 1.29 is 0 Å². The van der Waals surface area contributed by atoms with Crippen LogP contribution in [0.15, 0.2) is 17.8 Å². The molecule has 0 radical (unpaired) electrons. The van der Waals surface area contributed by atoms with Crippen LogP contribution in [-0.2, 0) is 12.8 Å². The van der Waals surface area contributed by atoms with Crippen LogP contribution >= 0.6 is 0 Å². The van der Waals surface area contributed by atoms with E-state index in [2.05, 4.69) is 0 Å². The largest absolute Gasteiger partial charge is 0.402 e. The molecule has 2 aromatic rings. The molecule has 6 N–H and O–H groups in total. The molecule has 0 aliphatic heterocycles. The first-order valence-electron chi connectivity index (χ1n) is 7.80. The quantitative estimate of drug-likeness (QED) is 0.516. The summed E-state index contributed by atoms with van der Waals surface area (Å²) in [6.07, 6.45) is 6.68. The number of hydrogen-bond acceptors (Lipinski definition) is 5. The lowest BCUT2D eigenvalue weighted by Crippen LogP contribution is -2.13. The van der Waals surface area contributed by atoms with Crippen molar-refractivity contribution >= 4 is 34.6 Å². The number of fused-ring (bicyclic) bond motifs is 3. The monoisotopic (exact) mass is 307 g/mol. The zero-order valence-electron chi connectivity index (χ0n) is 13.2. The maximum atomic E-state index is 7.73. The zero-order valence-corrected chi connectivity index (χ0v) is 13.2. The minimum absolute atomic E-state index is 0.599. The molecule has 5 nitrogen and oxygen atoms in total. The molecular formula is C18H21N5. The Labute approximate surface area is 135 Å². The van der Waals surface area contributed by atoms with Crippen molar-refractivity contribution in [1.82, 2.24) is 4.98 Å². The van der Waals surface area contributed by atoms with Crippen LogP contribution in [0.1, 0.15) is 42.1 Å². The Morgan fingerprint density at radius 3 is 2.48 bits per heavy atom. The Kier molecular flexibility index (Phi) is 3.86. The van der Waals surface area contributed by atoms with E-state index in [0.29, 0.717) is 17.0 Å². The van der Waals surface area contributed by atoms with Crippen molar-refractivity contribution in [2.24, 2.45) is 5.73 Å². The fourth-order valence-electron chi connectivity index (χ4n) is 3.41. The smallest absolute Gasteiger partial charge is 0.0776 e. The molecule has 0 bridgehead atoms. The minimum atomic E-state index is 0.599. The Hall–Kier alpha value is -2.69. The Balaban J connectivity index is 2.47. The second-order valence-electron chi connectivity index (χ2n) is 5.97. The number of nitrogens with one attached hydrogen (secondary N) is 2. The molecule has 0 saturated heterocycles. The lowest BCUT2D eigenvalue weighted by atomic mass is 9.84. The Bertz CT molecular complexity index is 844. The summed E-state index contributed by atoms with van der Waals surface area (Å²) in [4.78, 5) is 4.78. The highest BCUT2D eigenvalue weighted by atomic mass is 14.7. The fraction of sp³-hybridized carbons (Fsp3) is 0.278. The van der Waals surface area contributed by atoms with E-state index in [9.17, 15) is 0 Å². The van der Waals surface area contributed by atoms with E-state index < -0.39 is 0 Å². The molecule has 0 amide bonds. The van der Waals surface area contributed by atoms with Gasteiger partial charge in [0, 0.05) is 40.3 Å². The van der Waals surface area contributed by atoms with Crippen LogP contribution in [0.2, 0.25) is 0 Å². The molecule has 0 spiro atoms. The summed E-state index contributed by atoms with van der Waals surface area (Å²) in [6.45, 7) is 1.80. The molecule has 5 heteroatoms. The Morgan fingerprint density at radius 2 is 1.87 bits per heavy atom. The number of nitrogens with zero attached hydrogens (tertiary/aromatic N) is 1. The molecule has 118 valence electrons. The first kappa shape index (κ1) is 15.2. The molecule has 1 aliphatic rings. The first-order valence-corrected chi connectivity index (χ1v) is 7.80. The number of benzene rings is 1. The van der Waals surface area contributed by atoms with Crippen LogP contribution in [0.4, 0.5) is 5.69 Å². The second kappa shape index (κ2) is 5.83. The third-order valence-corrected chi connectivity index (χ3v) is 4.51. The maximum Gasteiger partial charge on any atom is 0.0776 e. The molecular weight excluding hydrogens is 286 g/mol. The van der Waals surface area contributed by atoms with Crippen molar-refractivity contribution in [3.05, 3.63) is 40.2 Å². The number of allylic oxidation sites excluding steroid dienone is 2. The molecule has 23 heavy (non-hydrogen) atoms. The molecule has 0 fully saturated rings. The number of rotatable bonds is 3. The zero-order chi connectivity index (χ0) is 16.6. The van der Waals surface area contributed by atoms with Crippen LogP contribution in [0.3, 0.4) is 0 Å². The van der Waals surface area contributed by atoms with Gasteiger partial charge in [0.25, 0.3) is 0 Å². The second-order valence-corrected chi connectivity index (χ2v) is 5.97. The molecule has 1 aromatic carbocycles. The standard InChI is InChI=1S/C18H21N5/c1-10(21)13(8-19)18-12-5-3-2-4-11(12)17-14(9-20)15(22)6-7-16(17)23-18/h6-9,19-20H,2-5,21-22H2,1H3. The number of nitrogens with two attached hydrogens (primary N) is 2. The van der Waals surface area contributed by atoms with Gasteiger partial charge in [0.2, 0.25) is 0 Å². The predicted molar refractivity (Wildman–Crippen MR) is 96.2 cm³/mol. The van der Waals surface area contributed by atoms with Gasteiger partial charge < -0.3 is 22.3 Å². The van der Waals surface area contributed by atoms with Crippen molar-refractivity contribution in [2.45, 2.75) is 32.6 Å². The number of anilines is 1. The highest BCUT2D eigenvalue weighted by Gasteiger charge is 2.22. The van der Waals surface area contributed by atoms with Gasteiger partial charge in [-0.2, -0.15) is 0 Å². The highest BCUT2D eigenvalue weighted by Crippen LogP contribution is 2.35. The highest BCUT2D eigenvalue weighted by molar-refractivity contribution is 6.11. The van der Waals surface area contributed by atoms with Gasteiger partial charge in [-0.1, -0.05) is 0 Å². The van der Waals surface area contributed by atoms with Gasteiger partial charge in [0.05, 0.1) is 11.2 Å². The molecule has 0 atom stereocenters. The summed E-state index contributed by atoms with van der Waals surface area (Å²) in [5.74, 6) is 0. The van der Waals surface area contributed by atoms with Gasteiger partial charge in [0.1, 0.15) is 0 Å². The van der Waals surface area contributed by atoms with Crippen molar-refractivity contribution in [1.29, 1.82) is 10.8 Å². The maximum absolute atomic E-state index is 7.73. The fourth-order valence-corrected chi connectivity index (χ4v) is 3.41. The third-order valence-electron chi connectivity index (χ3n) is 4.51. The lowest BCUT2D eigenvalue weighted by Gasteiger charge is -2.23. The van der Waals surface area contributed by atoms with E-state index in [1.807, 2.05) is 6.07 Å². The van der Waals surface area contributed by atoms with Crippen LogP contribution in [0.5, 0.6) is 0 Å². The van der Waals surface area contributed by atoms with Crippen molar-refractivity contribution in [3.8, 4) is 0 Å². The predicted octanol–water partition coefficient (Wildman–Crippen LogP) is 3.03. The summed E-state index contributed by atoms with van der Waals surface area (Å²) in [5, 5.41) is 16.4. The number of aryl methyl sites for hydroxylation is 1. The van der Waals surface area contributed by atoms with E-state index in [1.54, 1.807) is 13.0 Å². The molecule has 3 rings (SSSR count). The summed E-state index contributed by atoms with van der Waals surface area (Å²) >= 11 is 0. The molecule has 0 unspecified atom stereocenters.